The van der Waals surface area contributed by atoms with Crippen LogP contribution in [0.15, 0.2) is 12.2 Å². The van der Waals surface area contributed by atoms with Crippen LogP contribution in [0.2, 0.25) is 0 Å². The molecule has 3 heteroatoms. The first-order valence-corrected chi connectivity index (χ1v) is 4.76. The zero-order chi connectivity index (χ0) is 9.52. The lowest BCUT2D eigenvalue weighted by molar-refractivity contribution is -0.112. The van der Waals surface area contributed by atoms with Gasteiger partial charge in [0.15, 0.2) is 5.78 Å². The Morgan fingerprint density at radius 2 is 2.15 bits per heavy atom. The molecule has 0 radical (unpaired) electrons. The molecule has 1 saturated heterocycles. The van der Waals surface area contributed by atoms with Gasteiger partial charge in [-0.1, -0.05) is 6.08 Å². The zero-order valence-electron chi connectivity index (χ0n) is 8.16. The van der Waals surface area contributed by atoms with Crippen LogP contribution in [0.1, 0.15) is 13.3 Å². The fraction of sp³-hybridized carbons (Fsp3) is 0.700. The molecule has 0 N–H and O–H groups in total. The molecular formula is C10H17NO2. The van der Waals surface area contributed by atoms with Crippen molar-refractivity contribution in [3.05, 3.63) is 12.2 Å². The molecule has 0 aliphatic carbocycles. The van der Waals surface area contributed by atoms with Crippen LogP contribution >= 0.6 is 0 Å². The van der Waals surface area contributed by atoms with E-state index < -0.39 is 0 Å². The van der Waals surface area contributed by atoms with Crippen molar-refractivity contribution in [2.45, 2.75) is 13.3 Å². The smallest absolute Gasteiger partial charge is 0.152 e. The quantitative estimate of drug-likeness (QED) is 0.605. The van der Waals surface area contributed by atoms with Crippen molar-refractivity contribution >= 4 is 5.78 Å². The normalized spacial score (nSPS) is 19.5. The van der Waals surface area contributed by atoms with Crippen LogP contribution in [0.25, 0.3) is 0 Å². The van der Waals surface area contributed by atoms with E-state index in [0.29, 0.717) is 0 Å². The average molecular weight is 183 g/mol. The predicted molar refractivity (Wildman–Crippen MR) is 51.7 cm³/mol. The van der Waals surface area contributed by atoms with Gasteiger partial charge in [0.25, 0.3) is 0 Å². The van der Waals surface area contributed by atoms with Crippen molar-refractivity contribution in [3.63, 3.8) is 0 Å². The van der Waals surface area contributed by atoms with E-state index >= 15 is 0 Å². The second-order valence-electron chi connectivity index (χ2n) is 3.26. The number of allylic oxidation sites excluding steroid dienone is 1. The van der Waals surface area contributed by atoms with Crippen molar-refractivity contribution < 1.29 is 9.53 Å². The molecule has 74 valence electrons. The molecule has 13 heavy (non-hydrogen) atoms. The number of morpholine rings is 1. The van der Waals surface area contributed by atoms with E-state index in [0.717, 1.165) is 39.3 Å². The summed E-state index contributed by atoms with van der Waals surface area (Å²) in [6, 6.07) is 0. The minimum absolute atomic E-state index is 0.127. The highest BCUT2D eigenvalue weighted by Gasteiger charge is 2.07. The molecule has 0 aromatic heterocycles. The van der Waals surface area contributed by atoms with E-state index in [1.807, 2.05) is 6.08 Å². The maximum atomic E-state index is 10.6. The van der Waals surface area contributed by atoms with Gasteiger partial charge < -0.3 is 4.74 Å². The van der Waals surface area contributed by atoms with Gasteiger partial charge in [-0.2, -0.15) is 0 Å². The summed E-state index contributed by atoms with van der Waals surface area (Å²) >= 11 is 0. The number of rotatable bonds is 4. The van der Waals surface area contributed by atoms with Crippen molar-refractivity contribution in [1.82, 2.24) is 4.90 Å². The van der Waals surface area contributed by atoms with Gasteiger partial charge in [-0.25, -0.2) is 0 Å². The molecule has 1 aliphatic rings. The van der Waals surface area contributed by atoms with E-state index in [1.54, 1.807) is 13.0 Å². The number of carbonyl (C=O) groups is 1. The molecule has 1 rings (SSSR count). The van der Waals surface area contributed by atoms with Gasteiger partial charge in [0.05, 0.1) is 13.2 Å². The molecule has 0 unspecified atom stereocenters. The molecule has 1 heterocycles. The van der Waals surface area contributed by atoms with Crippen LogP contribution in [-0.2, 0) is 9.53 Å². The molecule has 0 bridgehead atoms. The van der Waals surface area contributed by atoms with E-state index in [2.05, 4.69) is 4.90 Å². The second-order valence-corrected chi connectivity index (χ2v) is 3.26. The van der Waals surface area contributed by atoms with Crippen LogP contribution in [0, 0.1) is 0 Å². The maximum absolute atomic E-state index is 10.6. The average Bonchev–Trinajstić information content (AvgIpc) is 2.14. The minimum Gasteiger partial charge on any atom is -0.379 e. The Hall–Kier alpha value is -0.670. The van der Waals surface area contributed by atoms with Crippen molar-refractivity contribution in [2.75, 3.05) is 32.8 Å². The molecule has 0 amide bonds. The highest BCUT2D eigenvalue weighted by atomic mass is 16.5. The van der Waals surface area contributed by atoms with Gasteiger partial charge in [-0.15, -0.1) is 0 Å². The minimum atomic E-state index is 0.127. The highest BCUT2D eigenvalue weighted by molar-refractivity contribution is 5.87. The number of ketones is 1. The second kappa shape index (κ2) is 5.89. The van der Waals surface area contributed by atoms with Gasteiger partial charge in [-0.3, -0.25) is 9.69 Å². The number of hydrogen-bond acceptors (Lipinski definition) is 3. The van der Waals surface area contributed by atoms with Crippen molar-refractivity contribution in [3.8, 4) is 0 Å². The first-order valence-electron chi connectivity index (χ1n) is 4.76. The molecule has 1 fully saturated rings. The van der Waals surface area contributed by atoms with Crippen molar-refractivity contribution in [1.29, 1.82) is 0 Å². The van der Waals surface area contributed by atoms with Gasteiger partial charge in [0, 0.05) is 19.6 Å². The molecule has 0 aromatic carbocycles. The largest absolute Gasteiger partial charge is 0.379 e. The lowest BCUT2D eigenvalue weighted by Crippen LogP contribution is -2.36. The summed E-state index contributed by atoms with van der Waals surface area (Å²) in [6.45, 7) is 6.34. The van der Waals surface area contributed by atoms with Crippen LogP contribution < -0.4 is 0 Å². The monoisotopic (exact) mass is 183 g/mol. The molecule has 0 atom stereocenters. The lowest BCUT2D eigenvalue weighted by Gasteiger charge is -2.25. The van der Waals surface area contributed by atoms with Crippen LogP contribution in [0.3, 0.4) is 0 Å². The predicted octanol–water partition coefficient (Wildman–Crippen LogP) is 0.854. The summed E-state index contributed by atoms with van der Waals surface area (Å²) in [4.78, 5) is 12.9. The fourth-order valence-corrected chi connectivity index (χ4v) is 1.33. The zero-order valence-corrected chi connectivity index (χ0v) is 8.16. The number of hydrogen-bond donors (Lipinski definition) is 0. The van der Waals surface area contributed by atoms with Crippen LogP contribution in [0.5, 0.6) is 0 Å². The molecule has 0 spiro atoms. The first kappa shape index (κ1) is 10.4. The Morgan fingerprint density at radius 1 is 1.46 bits per heavy atom. The summed E-state index contributed by atoms with van der Waals surface area (Å²) in [7, 11) is 0. The van der Waals surface area contributed by atoms with Gasteiger partial charge in [-0.05, 0) is 19.4 Å². The van der Waals surface area contributed by atoms with Gasteiger partial charge in [0.1, 0.15) is 0 Å². The third-order valence-electron chi connectivity index (χ3n) is 2.07. The van der Waals surface area contributed by atoms with E-state index in [9.17, 15) is 4.79 Å². The third-order valence-corrected chi connectivity index (χ3v) is 2.07. The third kappa shape index (κ3) is 4.80. The molecule has 0 saturated carbocycles. The molecular weight excluding hydrogens is 166 g/mol. The van der Waals surface area contributed by atoms with E-state index in [4.69, 9.17) is 4.74 Å². The van der Waals surface area contributed by atoms with Crippen LogP contribution in [0.4, 0.5) is 0 Å². The van der Waals surface area contributed by atoms with Crippen molar-refractivity contribution in [2.24, 2.45) is 0 Å². The molecule has 1 aliphatic heterocycles. The van der Waals surface area contributed by atoms with E-state index in [1.165, 1.54) is 0 Å². The van der Waals surface area contributed by atoms with Crippen LogP contribution in [-0.4, -0.2) is 43.5 Å². The number of ether oxygens (including phenoxy) is 1. The number of nitrogens with zero attached hydrogens (tertiary/aromatic N) is 1. The standard InChI is InChI=1S/C10H17NO2/c1-10(12)4-2-3-5-11-6-8-13-9-7-11/h2,4H,3,5-9H2,1H3/b4-2+. The summed E-state index contributed by atoms with van der Waals surface area (Å²) in [6.07, 6.45) is 4.54. The summed E-state index contributed by atoms with van der Waals surface area (Å²) in [5.41, 5.74) is 0. The topological polar surface area (TPSA) is 29.5 Å². The first-order chi connectivity index (χ1) is 6.29. The van der Waals surface area contributed by atoms with E-state index in [-0.39, 0.29) is 5.78 Å². The highest BCUT2D eigenvalue weighted by Crippen LogP contribution is 1.98. The van der Waals surface area contributed by atoms with Gasteiger partial charge in [0.2, 0.25) is 0 Å². The molecule has 3 nitrogen and oxygen atoms in total. The Balaban J connectivity index is 2.07. The Bertz CT molecular complexity index is 183. The Labute approximate surface area is 79.4 Å². The Kier molecular flexibility index (Phi) is 4.72. The maximum Gasteiger partial charge on any atom is 0.152 e. The summed E-state index contributed by atoms with van der Waals surface area (Å²) < 4.78 is 5.23. The number of carbonyl (C=O) groups excluding carboxylic acids is 1. The summed E-state index contributed by atoms with van der Waals surface area (Å²) in [5, 5.41) is 0. The SMILES string of the molecule is CC(=O)/C=C/CCN1CCOCC1. The molecule has 0 aromatic rings. The summed E-state index contributed by atoms with van der Waals surface area (Å²) in [5.74, 6) is 0.127. The lowest BCUT2D eigenvalue weighted by atomic mass is 10.3. The van der Waals surface area contributed by atoms with Gasteiger partial charge >= 0.3 is 0 Å². The fourth-order valence-electron chi connectivity index (χ4n) is 1.33. The Morgan fingerprint density at radius 3 is 2.77 bits per heavy atom.